The Morgan fingerprint density at radius 1 is 1.29 bits per heavy atom. The van der Waals surface area contributed by atoms with Crippen LogP contribution in [0.25, 0.3) is 5.69 Å². The first kappa shape index (κ1) is 18.2. The molecule has 1 aliphatic rings. The fourth-order valence-corrected chi connectivity index (χ4v) is 3.19. The van der Waals surface area contributed by atoms with Crippen molar-refractivity contribution >= 4 is 11.7 Å². The Balaban J connectivity index is 1.66. The SMILES string of the molecule is Cc1cc(NC(=O)c2n[nH]c3c2CNCC3)n(-c2cccc(C(F)(F)F)c2)n1. The van der Waals surface area contributed by atoms with Crippen molar-refractivity contribution in [1.82, 2.24) is 25.3 Å². The molecular weight excluding hydrogens is 373 g/mol. The Hall–Kier alpha value is -3.14. The van der Waals surface area contributed by atoms with Crippen LogP contribution in [0.5, 0.6) is 0 Å². The highest BCUT2D eigenvalue weighted by Crippen LogP contribution is 2.31. The molecule has 0 aliphatic carbocycles. The molecule has 2 aromatic heterocycles. The van der Waals surface area contributed by atoms with E-state index in [0.717, 1.165) is 36.4 Å². The lowest BCUT2D eigenvalue weighted by atomic mass is 10.1. The maximum atomic E-state index is 13.0. The lowest BCUT2D eigenvalue weighted by Gasteiger charge is -2.13. The van der Waals surface area contributed by atoms with Crippen LogP contribution in [0.15, 0.2) is 30.3 Å². The van der Waals surface area contributed by atoms with Crippen molar-refractivity contribution in [2.75, 3.05) is 11.9 Å². The van der Waals surface area contributed by atoms with Gasteiger partial charge < -0.3 is 10.6 Å². The van der Waals surface area contributed by atoms with Gasteiger partial charge in [-0.05, 0) is 25.1 Å². The second-order valence-electron chi connectivity index (χ2n) is 6.54. The van der Waals surface area contributed by atoms with Crippen LogP contribution >= 0.6 is 0 Å². The van der Waals surface area contributed by atoms with E-state index >= 15 is 0 Å². The van der Waals surface area contributed by atoms with E-state index < -0.39 is 17.6 Å². The number of nitrogens with zero attached hydrogens (tertiary/aromatic N) is 3. The molecule has 3 heterocycles. The fourth-order valence-electron chi connectivity index (χ4n) is 3.19. The van der Waals surface area contributed by atoms with Crippen molar-refractivity contribution in [3.63, 3.8) is 0 Å². The van der Waals surface area contributed by atoms with Crippen molar-refractivity contribution < 1.29 is 18.0 Å². The van der Waals surface area contributed by atoms with E-state index in [4.69, 9.17) is 0 Å². The van der Waals surface area contributed by atoms with Gasteiger partial charge in [-0.3, -0.25) is 9.89 Å². The van der Waals surface area contributed by atoms with E-state index in [9.17, 15) is 18.0 Å². The molecule has 0 fully saturated rings. The molecule has 0 radical (unpaired) electrons. The van der Waals surface area contributed by atoms with Gasteiger partial charge in [0.15, 0.2) is 5.69 Å². The largest absolute Gasteiger partial charge is 0.416 e. The first-order chi connectivity index (χ1) is 13.3. The number of aromatic amines is 1. The lowest BCUT2D eigenvalue weighted by Crippen LogP contribution is -2.25. The Bertz CT molecular complexity index is 1040. The second kappa shape index (κ2) is 6.79. The Kier molecular flexibility index (Phi) is 4.42. The minimum absolute atomic E-state index is 0.198. The number of carbonyl (C=O) groups is 1. The van der Waals surface area contributed by atoms with Gasteiger partial charge in [0.25, 0.3) is 5.91 Å². The fraction of sp³-hybridized carbons (Fsp3) is 0.278. The third kappa shape index (κ3) is 3.38. The van der Waals surface area contributed by atoms with E-state index in [0.29, 0.717) is 12.2 Å². The maximum Gasteiger partial charge on any atom is 0.416 e. The zero-order valence-electron chi connectivity index (χ0n) is 14.9. The van der Waals surface area contributed by atoms with Crippen LogP contribution in [0.3, 0.4) is 0 Å². The molecule has 1 aromatic carbocycles. The van der Waals surface area contributed by atoms with Crippen LogP contribution in [-0.4, -0.2) is 32.4 Å². The summed E-state index contributed by atoms with van der Waals surface area (Å²) in [4.78, 5) is 12.7. The van der Waals surface area contributed by atoms with Gasteiger partial charge >= 0.3 is 6.18 Å². The van der Waals surface area contributed by atoms with Crippen LogP contribution in [0.4, 0.5) is 19.0 Å². The molecule has 1 aliphatic heterocycles. The zero-order valence-corrected chi connectivity index (χ0v) is 14.9. The highest BCUT2D eigenvalue weighted by atomic mass is 19.4. The first-order valence-electron chi connectivity index (χ1n) is 8.65. The van der Waals surface area contributed by atoms with Crippen molar-refractivity contribution in [3.05, 3.63) is 58.5 Å². The van der Waals surface area contributed by atoms with Gasteiger partial charge in [-0.1, -0.05) is 6.07 Å². The molecule has 28 heavy (non-hydrogen) atoms. The number of rotatable bonds is 3. The molecule has 1 amide bonds. The predicted molar refractivity (Wildman–Crippen MR) is 95.3 cm³/mol. The Labute approximate surface area is 157 Å². The zero-order chi connectivity index (χ0) is 19.9. The quantitative estimate of drug-likeness (QED) is 0.642. The van der Waals surface area contributed by atoms with Gasteiger partial charge in [-0.25, -0.2) is 4.68 Å². The summed E-state index contributed by atoms with van der Waals surface area (Å²) in [5.41, 5.74) is 1.93. The lowest BCUT2D eigenvalue weighted by molar-refractivity contribution is -0.137. The topological polar surface area (TPSA) is 87.6 Å². The van der Waals surface area contributed by atoms with Crippen LogP contribution in [0.1, 0.15) is 33.0 Å². The second-order valence-corrected chi connectivity index (χ2v) is 6.54. The number of aromatic nitrogens is 4. The summed E-state index contributed by atoms with van der Waals surface area (Å²) in [6.45, 7) is 3.03. The normalized spacial score (nSPS) is 14.0. The third-order valence-corrected chi connectivity index (χ3v) is 4.51. The highest BCUT2D eigenvalue weighted by molar-refractivity contribution is 6.03. The number of alkyl halides is 3. The smallest absolute Gasteiger partial charge is 0.312 e. The number of hydrogen-bond acceptors (Lipinski definition) is 4. The highest BCUT2D eigenvalue weighted by Gasteiger charge is 2.31. The minimum Gasteiger partial charge on any atom is -0.312 e. The molecule has 3 N–H and O–H groups in total. The molecule has 4 rings (SSSR count). The number of fused-ring (bicyclic) bond motifs is 1. The standard InChI is InChI=1S/C18H17F3N6O/c1-10-7-15(23-17(28)16-13-9-22-6-5-14(13)24-25-16)27(26-10)12-4-2-3-11(8-12)18(19,20)21/h2-4,7-8,22H,5-6,9H2,1H3,(H,23,28)(H,24,25). The van der Waals surface area contributed by atoms with E-state index in [1.54, 1.807) is 13.0 Å². The molecule has 0 atom stereocenters. The van der Waals surface area contributed by atoms with Gasteiger partial charge in [-0.15, -0.1) is 0 Å². The molecule has 3 aromatic rings. The summed E-state index contributed by atoms with van der Waals surface area (Å²) in [5.74, 6) is -0.184. The van der Waals surface area contributed by atoms with E-state index in [-0.39, 0.29) is 17.2 Å². The van der Waals surface area contributed by atoms with Crippen molar-refractivity contribution in [1.29, 1.82) is 0 Å². The number of carbonyl (C=O) groups excluding carboxylic acids is 1. The molecule has 0 saturated heterocycles. The number of benzene rings is 1. The van der Waals surface area contributed by atoms with Crippen LogP contribution < -0.4 is 10.6 Å². The van der Waals surface area contributed by atoms with Crippen LogP contribution in [-0.2, 0) is 19.1 Å². The van der Waals surface area contributed by atoms with Crippen molar-refractivity contribution in [3.8, 4) is 5.69 Å². The molecule has 0 spiro atoms. The minimum atomic E-state index is -4.47. The predicted octanol–water partition coefficient (Wildman–Crippen LogP) is 2.82. The van der Waals surface area contributed by atoms with Gasteiger partial charge in [0.1, 0.15) is 5.82 Å². The molecule has 10 heteroatoms. The van der Waals surface area contributed by atoms with E-state index in [1.165, 1.54) is 16.8 Å². The van der Waals surface area contributed by atoms with E-state index in [1.807, 2.05) is 0 Å². The average Bonchev–Trinajstić information content (AvgIpc) is 3.24. The summed E-state index contributed by atoms with van der Waals surface area (Å²) >= 11 is 0. The molecule has 0 saturated carbocycles. The Morgan fingerprint density at radius 2 is 2.11 bits per heavy atom. The number of anilines is 1. The monoisotopic (exact) mass is 390 g/mol. The van der Waals surface area contributed by atoms with Crippen LogP contribution in [0.2, 0.25) is 0 Å². The summed E-state index contributed by atoms with van der Waals surface area (Å²) in [6, 6.07) is 6.37. The van der Waals surface area contributed by atoms with Gasteiger partial charge in [0.05, 0.1) is 16.9 Å². The molecular formula is C18H17F3N6O. The number of H-pyrrole nitrogens is 1. The summed E-state index contributed by atoms with van der Waals surface area (Å²) in [6.07, 6.45) is -3.72. The van der Waals surface area contributed by atoms with Crippen LogP contribution in [0, 0.1) is 6.92 Å². The Morgan fingerprint density at radius 3 is 2.89 bits per heavy atom. The molecule has 7 nitrogen and oxygen atoms in total. The summed E-state index contributed by atoms with van der Waals surface area (Å²) in [5, 5.41) is 17.1. The van der Waals surface area contributed by atoms with Gasteiger partial charge in [-0.2, -0.15) is 23.4 Å². The molecule has 0 unspecified atom stereocenters. The number of hydrogen-bond donors (Lipinski definition) is 3. The molecule has 0 bridgehead atoms. The molecule has 146 valence electrons. The van der Waals surface area contributed by atoms with Gasteiger partial charge in [0, 0.05) is 36.8 Å². The summed E-state index contributed by atoms with van der Waals surface area (Å²) in [7, 11) is 0. The van der Waals surface area contributed by atoms with E-state index in [2.05, 4.69) is 25.9 Å². The van der Waals surface area contributed by atoms with Crippen molar-refractivity contribution in [2.45, 2.75) is 26.1 Å². The number of amides is 1. The van der Waals surface area contributed by atoms with Crippen molar-refractivity contribution in [2.24, 2.45) is 0 Å². The number of halogens is 3. The number of aryl methyl sites for hydroxylation is 1. The third-order valence-electron chi connectivity index (χ3n) is 4.51. The maximum absolute atomic E-state index is 13.0. The van der Waals surface area contributed by atoms with Gasteiger partial charge in [0.2, 0.25) is 0 Å². The average molecular weight is 390 g/mol. The number of nitrogens with one attached hydrogen (secondary N) is 3. The first-order valence-corrected chi connectivity index (χ1v) is 8.65. The summed E-state index contributed by atoms with van der Waals surface area (Å²) < 4.78 is 40.4.